The number of nitrogens with one attached hydrogen (secondary N) is 1. The summed E-state index contributed by atoms with van der Waals surface area (Å²) in [6.07, 6.45) is 9.21. The summed E-state index contributed by atoms with van der Waals surface area (Å²) in [5, 5.41) is 11.0. The van der Waals surface area contributed by atoms with Gasteiger partial charge in [0.1, 0.15) is 12.4 Å². The molecule has 0 saturated heterocycles. The Labute approximate surface area is 285 Å². The molecule has 6 atom stereocenters. The Morgan fingerprint density at radius 2 is 1.91 bits per heavy atom. The summed E-state index contributed by atoms with van der Waals surface area (Å²) >= 11 is 6.36. The maximum atomic E-state index is 13.5. The zero-order chi connectivity index (χ0) is 33.9. The van der Waals surface area contributed by atoms with Crippen LogP contribution in [0.1, 0.15) is 87.7 Å². The van der Waals surface area contributed by atoms with Gasteiger partial charge >= 0.3 is 0 Å². The first-order valence-corrected chi connectivity index (χ1v) is 19.0. The predicted octanol–water partition coefficient (Wildman–Crippen LogP) is 6.92. The Balaban J connectivity index is 1.59. The molecular weight excluding hydrogens is 636 g/mol. The maximum Gasteiger partial charge on any atom is 0.264 e. The number of ether oxygens (including phenoxy) is 2. The Morgan fingerprint density at radius 3 is 2.62 bits per heavy atom. The number of aryl methyl sites for hydroxylation is 1. The molecule has 0 spiro atoms. The minimum absolute atomic E-state index is 0.0643. The average Bonchev–Trinajstić information content (AvgIpc) is 3.04. The standard InChI is InChI=1S/C37H51ClN2O6S/c1-24(2)34(41)21-37(45-5)17-8-9-25(3)26(4)47(43,44)39-36(42)28-13-16-35-33(20-28)40(22-29-12-15-32(29)37)18-7-6-10-27-19-31(38)14-11-30(27)23-46-35/h8,11,13-14,16-17,19-20,24-26,29,32,34,41H,6-7,9-10,12,15,18,21-23H2,1-5H3,(H,39,42)/b17-8+/t25-,26+,29-,32+,34+,37+/m0/s1. The van der Waals surface area contributed by atoms with Gasteiger partial charge in [0.15, 0.2) is 0 Å². The minimum Gasteiger partial charge on any atom is -0.487 e. The van der Waals surface area contributed by atoms with E-state index in [1.54, 1.807) is 32.2 Å². The highest BCUT2D eigenvalue weighted by molar-refractivity contribution is 7.90. The van der Waals surface area contributed by atoms with Gasteiger partial charge in [0, 0.05) is 37.2 Å². The van der Waals surface area contributed by atoms with E-state index in [1.807, 2.05) is 45.0 Å². The van der Waals surface area contributed by atoms with E-state index in [-0.39, 0.29) is 29.2 Å². The van der Waals surface area contributed by atoms with Crippen molar-refractivity contribution in [3.05, 3.63) is 70.3 Å². The molecule has 5 rings (SSSR count). The monoisotopic (exact) mass is 686 g/mol. The van der Waals surface area contributed by atoms with Gasteiger partial charge in [0.2, 0.25) is 10.0 Å². The van der Waals surface area contributed by atoms with Crippen LogP contribution in [0, 0.1) is 23.7 Å². The summed E-state index contributed by atoms with van der Waals surface area (Å²) in [6.45, 7) is 9.35. The summed E-state index contributed by atoms with van der Waals surface area (Å²) in [6, 6.07) is 11.1. The van der Waals surface area contributed by atoms with Crippen molar-refractivity contribution >= 4 is 33.2 Å². The Bertz CT molecular complexity index is 1560. The van der Waals surface area contributed by atoms with Gasteiger partial charge in [-0.3, -0.25) is 4.79 Å². The van der Waals surface area contributed by atoms with Crippen molar-refractivity contribution in [3.8, 4) is 5.75 Å². The zero-order valence-electron chi connectivity index (χ0n) is 28.4. The first kappa shape index (κ1) is 35.7. The summed E-state index contributed by atoms with van der Waals surface area (Å²) in [7, 11) is -2.24. The van der Waals surface area contributed by atoms with Crippen molar-refractivity contribution in [2.75, 3.05) is 25.1 Å². The lowest BCUT2D eigenvalue weighted by atomic mass is 9.62. The lowest BCUT2D eigenvalue weighted by molar-refractivity contribution is -0.103. The smallest absolute Gasteiger partial charge is 0.264 e. The number of methoxy groups -OCH3 is 1. The Morgan fingerprint density at radius 1 is 1.13 bits per heavy atom. The summed E-state index contributed by atoms with van der Waals surface area (Å²) in [5.41, 5.74) is 2.58. The first-order chi connectivity index (χ1) is 22.3. The number of anilines is 1. The van der Waals surface area contributed by atoms with Crippen LogP contribution in [0.4, 0.5) is 5.69 Å². The largest absolute Gasteiger partial charge is 0.487 e. The molecular formula is C37H51ClN2O6S. The Kier molecular flexibility index (Phi) is 11.3. The van der Waals surface area contributed by atoms with Crippen LogP contribution in [0.2, 0.25) is 5.02 Å². The van der Waals surface area contributed by atoms with E-state index in [4.69, 9.17) is 21.1 Å². The quantitative estimate of drug-likeness (QED) is 0.336. The fourth-order valence-corrected chi connectivity index (χ4v) is 8.74. The highest BCUT2D eigenvalue weighted by Gasteiger charge is 2.48. The number of carbonyl (C=O) groups is 1. The molecule has 258 valence electrons. The summed E-state index contributed by atoms with van der Waals surface area (Å²) in [5.74, 6) is 0.220. The number of rotatable bonds is 4. The Hall–Kier alpha value is -2.59. The summed E-state index contributed by atoms with van der Waals surface area (Å²) < 4.78 is 42.0. The lowest BCUT2D eigenvalue weighted by Crippen LogP contribution is -2.52. The molecule has 3 aliphatic rings. The molecule has 1 aliphatic carbocycles. The fraction of sp³-hybridized carbons (Fsp3) is 0.595. The number of hydrogen-bond acceptors (Lipinski definition) is 7. The molecule has 2 aliphatic heterocycles. The molecule has 8 nitrogen and oxygen atoms in total. The molecule has 47 heavy (non-hydrogen) atoms. The molecule has 1 fully saturated rings. The van der Waals surface area contributed by atoms with Crippen molar-refractivity contribution in [2.45, 2.75) is 96.2 Å². The molecule has 2 bridgehead atoms. The van der Waals surface area contributed by atoms with Crippen molar-refractivity contribution in [1.29, 1.82) is 0 Å². The highest BCUT2D eigenvalue weighted by Crippen LogP contribution is 2.48. The number of aliphatic hydroxyl groups is 1. The minimum atomic E-state index is -3.97. The fourth-order valence-electron chi connectivity index (χ4n) is 7.26. The second-order valence-electron chi connectivity index (χ2n) is 14.2. The number of nitrogens with zero attached hydrogens (tertiary/aromatic N) is 1. The molecule has 2 aromatic carbocycles. The van der Waals surface area contributed by atoms with Gasteiger partial charge in [-0.05, 0) is 111 Å². The van der Waals surface area contributed by atoms with Gasteiger partial charge in [-0.1, -0.05) is 50.6 Å². The van der Waals surface area contributed by atoms with E-state index in [2.05, 4.69) is 15.7 Å². The van der Waals surface area contributed by atoms with Gasteiger partial charge in [0.05, 0.1) is 22.6 Å². The molecule has 0 radical (unpaired) electrons. The number of benzene rings is 2. The van der Waals surface area contributed by atoms with Gasteiger partial charge in [-0.2, -0.15) is 0 Å². The molecule has 2 N–H and O–H groups in total. The zero-order valence-corrected chi connectivity index (χ0v) is 29.9. The van der Waals surface area contributed by atoms with Crippen LogP contribution >= 0.6 is 11.6 Å². The van der Waals surface area contributed by atoms with E-state index in [0.29, 0.717) is 36.8 Å². The predicted molar refractivity (Wildman–Crippen MR) is 188 cm³/mol. The number of amides is 1. The van der Waals surface area contributed by atoms with Gasteiger partial charge in [-0.25, -0.2) is 13.1 Å². The highest BCUT2D eigenvalue weighted by atomic mass is 35.5. The average molecular weight is 687 g/mol. The van der Waals surface area contributed by atoms with Crippen LogP contribution in [-0.2, 0) is 27.8 Å². The number of halogens is 1. The maximum absolute atomic E-state index is 13.5. The summed E-state index contributed by atoms with van der Waals surface area (Å²) in [4.78, 5) is 15.8. The first-order valence-electron chi connectivity index (χ1n) is 17.1. The molecule has 2 aromatic rings. The number of fused-ring (bicyclic) bond motifs is 3. The van der Waals surface area contributed by atoms with E-state index in [0.717, 1.165) is 49.9 Å². The van der Waals surface area contributed by atoms with Gasteiger partial charge < -0.3 is 19.5 Å². The van der Waals surface area contributed by atoms with Crippen molar-refractivity contribution in [3.63, 3.8) is 0 Å². The third kappa shape index (κ3) is 8.01. The molecule has 1 amide bonds. The number of aliphatic hydroxyl groups excluding tert-OH is 1. The van der Waals surface area contributed by atoms with Crippen LogP contribution in [0.15, 0.2) is 48.6 Å². The van der Waals surface area contributed by atoms with Crippen LogP contribution < -0.4 is 14.4 Å². The van der Waals surface area contributed by atoms with E-state index < -0.39 is 32.9 Å². The topological polar surface area (TPSA) is 105 Å². The molecule has 0 unspecified atom stereocenters. The number of sulfonamides is 1. The van der Waals surface area contributed by atoms with Gasteiger partial charge in [-0.15, -0.1) is 0 Å². The SMILES string of the molecule is CO[C@@]1(C[C@@H](O)C(C)C)/C=C/C[C@H](C)[C@@H](C)S(=O)(=O)NC(=O)c2ccc3c(c2)N(CCCCc2cc(Cl)ccc2CO3)C[C@@H]2CC[C@H]21. The molecule has 0 aromatic heterocycles. The second kappa shape index (κ2) is 14.9. The third-order valence-corrected chi connectivity index (χ3v) is 13.0. The second-order valence-corrected chi connectivity index (χ2v) is 16.7. The molecule has 2 heterocycles. The van der Waals surface area contributed by atoms with E-state index in [1.165, 1.54) is 5.56 Å². The lowest BCUT2D eigenvalue weighted by Gasteiger charge is -2.50. The van der Waals surface area contributed by atoms with Crippen LogP contribution in [0.3, 0.4) is 0 Å². The van der Waals surface area contributed by atoms with Crippen LogP contribution in [-0.4, -0.2) is 56.6 Å². The number of allylic oxidation sites excluding steroid dienone is 1. The van der Waals surface area contributed by atoms with E-state index in [9.17, 15) is 18.3 Å². The van der Waals surface area contributed by atoms with Crippen LogP contribution in [0.5, 0.6) is 5.75 Å². The van der Waals surface area contributed by atoms with Crippen molar-refractivity contribution in [1.82, 2.24) is 4.72 Å². The number of carbonyl (C=O) groups excluding carboxylic acids is 1. The number of hydrogen-bond donors (Lipinski definition) is 2. The molecule has 10 heteroatoms. The van der Waals surface area contributed by atoms with Crippen LogP contribution in [0.25, 0.3) is 0 Å². The molecule has 1 saturated carbocycles. The third-order valence-electron chi connectivity index (χ3n) is 10.8. The van der Waals surface area contributed by atoms with E-state index >= 15 is 0 Å². The van der Waals surface area contributed by atoms with Crippen molar-refractivity contribution in [2.24, 2.45) is 23.7 Å². The normalized spacial score (nSPS) is 29.6. The van der Waals surface area contributed by atoms with Gasteiger partial charge in [0.25, 0.3) is 5.91 Å². The van der Waals surface area contributed by atoms with Crippen molar-refractivity contribution < 1.29 is 27.8 Å².